The lowest BCUT2D eigenvalue weighted by atomic mass is 9.98. The molecule has 2 rings (SSSR count). The van der Waals surface area contributed by atoms with Gasteiger partial charge in [-0.2, -0.15) is 0 Å². The summed E-state index contributed by atoms with van der Waals surface area (Å²) in [6.07, 6.45) is 17.9. The number of esters is 2. The molecule has 0 aromatic rings. The molecule has 11 unspecified atom stereocenters. The molecule has 2 fully saturated rings. The van der Waals surface area contributed by atoms with Gasteiger partial charge in [-0.05, 0) is 44.9 Å². The minimum Gasteiger partial charge on any atom is -0.462 e. The van der Waals surface area contributed by atoms with Crippen LogP contribution in [0.5, 0.6) is 0 Å². The maximum absolute atomic E-state index is 13.0. The Labute approximate surface area is 377 Å². The van der Waals surface area contributed by atoms with Gasteiger partial charge >= 0.3 is 11.9 Å². The van der Waals surface area contributed by atoms with Gasteiger partial charge in [0.25, 0.3) is 0 Å². The maximum atomic E-state index is 13.0. The lowest BCUT2D eigenvalue weighted by Crippen LogP contribution is -2.61. The van der Waals surface area contributed by atoms with E-state index >= 15 is 0 Å². The highest BCUT2D eigenvalue weighted by molar-refractivity contribution is 5.70. The van der Waals surface area contributed by atoms with Crippen LogP contribution in [-0.2, 0) is 38.0 Å². The molecule has 0 spiro atoms. The van der Waals surface area contributed by atoms with E-state index in [2.05, 4.69) is 38.2 Å². The number of unbranched alkanes of at least 4 members (excludes halogenated alkanes) is 19. The first kappa shape index (κ1) is 57.1. The van der Waals surface area contributed by atoms with E-state index in [1.807, 2.05) is 0 Å². The minimum absolute atomic E-state index is 0.158. The standard InChI is InChI=1S/C48H86O15/c1-3-5-7-9-11-13-15-16-17-18-19-20-21-23-25-27-29-31-40(51)61-36(33-58-39(50)30-28-26-24-22-14-12-10-8-6-4-2)34-59-47-46(57)44(55)42(53)38(63-47)35-60-48-45(56)43(54)41(52)37(32-49)62-48/h11,13,16-17,36-38,41-49,52-57H,3-10,12,14-15,18-35H2,1-2H3/b13-11-,17-16-. The summed E-state index contributed by atoms with van der Waals surface area (Å²) >= 11 is 0. The van der Waals surface area contributed by atoms with Gasteiger partial charge in [0.1, 0.15) is 55.4 Å². The molecule has 2 aliphatic heterocycles. The van der Waals surface area contributed by atoms with Gasteiger partial charge < -0.3 is 64.2 Å². The lowest BCUT2D eigenvalue weighted by molar-refractivity contribution is -0.332. The molecule has 0 saturated carbocycles. The van der Waals surface area contributed by atoms with E-state index < -0.39 is 92.7 Å². The highest BCUT2D eigenvalue weighted by atomic mass is 16.7. The number of ether oxygens (including phenoxy) is 6. The highest BCUT2D eigenvalue weighted by Crippen LogP contribution is 2.26. The number of allylic oxidation sites excluding steroid dienone is 4. The molecule has 15 nitrogen and oxygen atoms in total. The Morgan fingerprint density at radius 3 is 1.51 bits per heavy atom. The van der Waals surface area contributed by atoms with Crippen molar-refractivity contribution in [2.45, 2.75) is 242 Å². The van der Waals surface area contributed by atoms with Gasteiger partial charge in [0.15, 0.2) is 18.7 Å². The molecule has 7 N–H and O–H groups in total. The van der Waals surface area contributed by atoms with Crippen LogP contribution in [0.3, 0.4) is 0 Å². The van der Waals surface area contributed by atoms with Gasteiger partial charge in [0.2, 0.25) is 0 Å². The van der Waals surface area contributed by atoms with Crippen molar-refractivity contribution in [3.63, 3.8) is 0 Å². The SMILES string of the molecule is CCCCC/C=C\C/C=C\CCCCCCCCCC(=O)OC(COC(=O)CCCCCCCCCCCC)COC1OC(COC2OC(CO)C(O)C(O)C2O)C(O)C(O)C1O. The monoisotopic (exact) mass is 903 g/mol. The van der Waals surface area contributed by atoms with Crippen molar-refractivity contribution in [1.29, 1.82) is 0 Å². The topological polar surface area (TPSA) is 231 Å². The largest absolute Gasteiger partial charge is 0.462 e. The third-order valence-corrected chi connectivity index (χ3v) is 11.7. The fraction of sp³-hybridized carbons (Fsp3) is 0.875. The Morgan fingerprint density at radius 1 is 0.508 bits per heavy atom. The Morgan fingerprint density at radius 2 is 0.952 bits per heavy atom. The van der Waals surface area contributed by atoms with Gasteiger partial charge in [-0.15, -0.1) is 0 Å². The summed E-state index contributed by atoms with van der Waals surface area (Å²) in [4.78, 5) is 25.6. The van der Waals surface area contributed by atoms with Crippen LogP contribution in [0.2, 0.25) is 0 Å². The van der Waals surface area contributed by atoms with Crippen molar-refractivity contribution >= 4 is 11.9 Å². The first-order chi connectivity index (χ1) is 30.5. The van der Waals surface area contributed by atoms with Crippen molar-refractivity contribution in [3.05, 3.63) is 24.3 Å². The summed E-state index contributed by atoms with van der Waals surface area (Å²) in [5.41, 5.74) is 0. The number of aliphatic hydroxyl groups excluding tert-OH is 7. The summed E-state index contributed by atoms with van der Waals surface area (Å²) in [5.74, 6) is -0.932. The zero-order valence-electron chi connectivity index (χ0n) is 38.6. The zero-order chi connectivity index (χ0) is 46.1. The molecule has 0 radical (unpaired) electrons. The molecule has 2 aliphatic rings. The predicted octanol–water partition coefficient (Wildman–Crippen LogP) is 5.99. The van der Waals surface area contributed by atoms with Crippen LogP contribution in [0.25, 0.3) is 0 Å². The second-order valence-corrected chi connectivity index (χ2v) is 17.3. The van der Waals surface area contributed by atoms with Crippen LogP contribution in [0.15, 0.2) is 24.3 Å². The molecule has 0 aromatic carbocycles. The molecule has 2 saturated heterocycles. The summed E-state index contributed by atoms with van der Waals surface area (Å²) in [7, 11) is 0. The smallest absolute Gasteiger partial charge is 0.306 e. The summed E-state index contributed by atoms with van der Waals surface area (Å²) in [6.45, 7) is 2.54. The van der Waals surface area contributed by atoms with E-state index in [1.54, 1.807) is 0 Å². The van der Waals surface area contributed by atoms with Gasteiger partial charge in [0.05, 0.1) is 19.8 Å². The molecule has 0 aromatic heterocycles. The highest BCUT2D eigenvalue weighted by Gasteiger charge is 2.47. The van der Waals surface area contributed by atoms with Crippen LogP contribution in [0.1, 0.15) is 174 Å². The minimum atomic E-state index is -1.76. The number of aliphatic hydroxyl groups is 7. The van der Waals surface area contributed by atoms with Crippen LogP contribution in [-0.4, -0.2) is 142 Å². The zero-order valence-corrected chi connectivity index (χ0v) is 38.6. The van der Waals surface area contributed by atoms with E-state index in [0.29, 0.717) is 12.8 Å². The molecular formula is C48H86O15. The molecular weight excluding hydrogens is 817 g/mol. The quantitative estimate of drug-likeness (QED) is 0.0216. The molecule has 11 atom stereocenters. The Hall–Kier alpha value is -2.02. The average Bonchev–Trinajstić information content (AvgIpc) is 3.28. The molecule has 0 amide bonds. The van der Waals surface area contributed by atoms with Crippen molar-refractivity contribution in [1.82, 2.24) is 0 Å². The average molecular weight is 903 g/mol. The molecule has 2 heterocycles. The van der Waals surface area contributed by atoms with Gasteiger partial charge in [-0.25, -0.2) is 0 Å². The van der Waals surface area contributed by atoms with E-state index in [4.69, 9.17) is 28.4 Å². The number of rotatable bonds is 37. The van der Waals surface area contributed by atoms with Crippen LogP contribution in [0.4, 0.5) is 0 Å². The number of carbonyl (C=O) groups excluding carboxylic acids is 2. The second-order valence-electron chi connectivity index (χ2n) is 17.3. The Kier molecular flexibility index (Phi) is 32.8. The Bertz CT molecular complexity index is 1200. The van der Waals surface area contributed by atoms with Crippen molar-refractivity contribution in [3.8, 4) is 0 Å². The number of hydrogen-bond acceptors (Lipinski definition) is 15. The lowest BCUT2D eigenvalue weighted by Gasteiger charge is -2.42. The molecule has 15 heteroatoms. The predicted molar refractivity (Wildman–Crippen MR) is 238 cm³/mol. The first-order valence-electron chi connectivity index (χ1n) is 24.4. The van der Waals surface area contributed by atoms with Crippen LogP contribution >= 0.6 is 0 Å². The summed E-state index contributed by atoms with van der Waals surface area (Å²) in [5, 5.41) is 71.9. The van der Waals surface area contributed by atoms with Crippen molar-refractivity contribution in [2.75, 3.05) is 26.4 Å². The third kappa shape index (κ3) is 24.9. The van der Waals surface area contributed by atoms with Crippen molar-refractivity contribution < 1.29 is 73.8 Å². The van der Waals surface area contributed by atoms with E-state index in [9.17, 15) is 45.3 Å². The Balaban J connectivity index is 1.82. The fourth-order valence-corrected chi connectivity index (χ4v) is 7.60. The summed E-state index contributed by atoms with van der Waals surface area (Å²) in [6, 6.07) is 0. The van der Waals surface area contributed by atoms with Gasteiger partial charge in [-0.3, -0.25) is 9.59 Å². The second kappa shape index (κ2) is 36.1. The molecule has 368 valence electrons. The first-order valence-corrected chi connectivity index (χ1v) is 24.4. The molecule has 63 heavy (non-hydrogen) atoms. The van der Waals surface area contributed by atoms with E-state index in [0.717, 1.165) is 64.2 Å². The third-order valence-electron chi connectivity index (χ3n) is 11.7. The van der Waals surface area contributed by atoms with E-state index in [-0.39, 0.29) is 26.1 Å². The number of hydrogen-bond donors (Lipinski definition) is 7. The van der Waals surface area contributed by atoms with Gasteiger partial charge in [-0.1, -0.05) is 141 Å². The maximum Gasteiger partial charge on any atom is 0.306 e. The van der Waals surface area contributed by atoms with E-state index in [1.165, 1.54) is 70.6 Å². The fourth-order valence-electron chi connectivity index (χ4n) is 7.60. The van der Waals surface area contributed by atoms with Crippen molar-refractivity contribution in [2.24, 2.45) is 0 Å². The number of carbonyl (C=O) groups is 2. The molecule has 0 aliphatic carbocycles. The molecule has 0 bridgehead atoms. The van der Waals surface area contributed by atoms with Gasteiger partial charge in [0, 0.05) is 12.8 Å². The normalized spacial score (nSPS) is 27.0. The summed E-state index contributed by atoms with van der Waals surface area (Å²) < 4.78 is 33.5. The van der Waals surface area contributed by atoms with Crippen LogP contribution in [0, 0.1) is 0 Å². The van der Waals surface area contributed by atoms with Crippen LogP contribution < -0.4 is 0 Å².